The first-order valence-electron chi connectivity index (χ1n) is 5.73. The Morgan fingerprint density at radius 2 is 2.38 bits per heavy atom. The van der Waals surface area contributed by atoms with Gasteiger partial charge in [0.2, 0.25) is 5.91 Å². The molecule has 1 aromatic heterocycles. The maximum absolute atomic E-state index is 11.3. The monoisotopic (exact) mass is 222 g/mol. The number of hydrogen-bond donors (Lipinski definition) is 2. The van der Waals surface area contributed by atoms with Gasteiger partial charge in [-0.1, -0.05) is 0 Å². The molecular weight excluding hydrogens is 204 g/mol. The molecule has 1 aromatic rings. The van der Waals surface area contributed by atoms with Crippen molar-refractivity contribution < 1.29 is 4.79 Å². The number of piperidine rings is 1. The number of nitrogens with one attached hydrogen (secondary N) is 2. The minimum absolute atomic E-state index is 0.0215. The van der Waals surface area contributed by atoms with Crippen molar-refractivity contribution >= 4 is 5.91 Å². The Kier molecular flexibility index (Phi) is 3.56. The zero-order chi connectivity index (χ0) is 11.4. The Labute approximate surface area is 95.2 Å². The van der Waals surface area contributed by atoms with Crippen LogP contribution in [0.4, 0.5) is 0 Å². The molecule has 5 nitrogen and oxygen atoms in total. The van der Waals surface area contributed by atoms with Crippen molar-refractivity contribution in [3.05, 3.63) is 18.2 Å². The third-order valence-electron chi connectivity index (χ3n) is 3.04. The largest absolute Gasteiger partial charge is 0.358 e. The lowest BCUT2D eigenvalue weighted by Crippen LogP contribution is -2.29. The smallest absolute Gasteiger partial charge is 0.239 e. The van der Waals surface area contributed by atoms with Gasteiger partial charge in [0, 0.05) is 25.4 Å². The highest BCUT2D eigenvalue weighted by atomic mass is 16.1. The van der Waals surface area contributed by atoms with Crippen LogP contribution in [-0.4, -0.2) is 35.6 Å². The Morgan fingerprint density at radius 1 is 1.62 bits per heavy atom. The van der Waals surface area contributed by atoms with Crippen LogP contribution in [0.25, 0.3) is 0 Å². The van der Waals surface area contributed by atoms with Gasteiger partial charge in [0.1, 0.15) is 12.4 Å². The van der Waals surface area contributed by atoms with Crippen LogP contribution in [0, 0.1) is 0 Å². The van der Waals surface area contributed by atoms with Gasteiger partial charge in [0.25, 0.3) is 0 Å². The number of carbonyl (C=O) groups excluding carboxylic acids is 1. The molecule has 16 heavy (non-hydrogen) atoms. The summed E-state index contributed by atoms with van der Waals surface area (Å²) in [5, 5.41) is 5.97. The van der Waals surface area contributed by atoms with Crippen molar-refractivity contribution in [2.45, 2.75) is 25.3 Å². The van der Waals surface area contributed by atoms with Crippen molar-refractivity contribution in [3.63, 3.8) is 0 Å². The van der Waals surface area contributed by atoms with Gasteiger partial charge in [0.05, 0.1) is 0 Å². The van der Waals surface area contributed by atoms with Gasteiger partial charge in [-0.15, -0.1) is 0 Å². The molecule has 0 saturated carbocycles. The highest BCUT2D eigenvalue weighted by Gasteiger charge is 2.20. The van der Waals surface area contributed by atoms with E-state index in [4.69, 9.17) is 0 Å². The fourth-order valence-electron chi connectivity index (χ4n) is 2.13. The van der Waals surface area contributed by atoms with E-state index in [1.165, 1.54) is 0 Å². The summed E-state index contributed by atoms with van der Waals surface area (Å²) in [6.45, 7) is 2.45. The maximum Gasteiger partial charge on any atom is 0.239 e. The zero-order valence-electron chi connectivity index (χ0n) is 9.57. The minimum atomic E-state index is 0.0215. The van der Waals surface area contributed by atoms with Crippen molar-refractivity contribution in [2.75, 3.05) is 20.1 Å². The molecule has 1 saturated heterocycles. The van der Waals surface area contributed by atoms with Crippen molar-refractivity contribution in [3.8, 4) is 0 Å². The van der Waals surface area contributed by atoms with E-state index < -0.39 is 0 Å². The molecular formula is C11H18N4O. The molecule has 1 aliphatic rings. The summed E-state index contributed by atoms with van der Waals surface area (Å²) in [5.41, 5.74) is 0. The molecule has 0 radical (unpaired) electrons. The first-order valence-corrected chi connectivity index (χ1v) is 5.73. The number of rotatable bonds is 3. The third kappa shape index (κ3) is 2.41. The molecule has 1 aliphatic heterocycles. The fraction of sp³-hybridized carbons (Fsp3) is 0.636. The summed E-state index contributed by atoms with van der Waals surface area (Å²) < 4.78 is 1.95. The molecule has 0 aromatic carbocycles. The molecule has 0 aliphatic carbocycles. The lowest BCUT2D eigenvalue weighted by atomic mass is 9.97. The van der Waals surface area contributed by atoms with Crippen LogP contribution in [0.1, 0.15) is 24.6 Å². The van der Waals surface area contributed by atoms with Crippen molar-refractivity contribution in [1.29, 1.82) is 0 Å². The van der Waals surface area contributed by atoms with E-state index >= 15 is 0 Å². The average Bonchev–Trinajstić information content (AvgIpc) is 2.78. The number of likely N-dealkylation sites (N-methyl/N-ethyl adjacent to an activating group) is 1. The minimum Gasteiger partial charge on any atom is -0.358 e. The second-order valence-electron chi connectivity index (χ2n) is 4.11. The van der Waals surface area contributed by atoms with Gasteiger partial charge in [-0.05, 0) is 25.9 Å². The number of carbonyl (C=O) groups is 1. The van der Waals surface area contributed by atoms with E-state index in [2.05, 4.69) is 15.6 Å². The molecule has 0 atom stereocenters. The topological polar surface area (TPSA) is 59.0 Å². The molecule has 0 spiro atoms. The van der Waals surface area contributed by atoms with Crippen LogP contribution < -0.4 is 10.6 Å². The van der Waals surface area contributed by atoms with E-state index in [1.54, 1.807) is 13.2 Å². The molecule has 1 fully saturated rings. The number of aromatic nitrogens is 2. The summed E-state index contributed by atoms with van der Waals surface area (Å²) >= 11 is 0. The van der Waals surface area contributed by atoms with Crippen LogP contribution in [0.5, 0.6) is 0 Å². The molecule has 5 heteroatoms. The summed E-state index contributed by atoms with van der Waals surface area (Å²) in [7, 11) is 1.66. The van der Waals surface area contributed by atoms with E-state index in [9.17, 15) is 4.79 Å². The Morgan fingerprint density at radius 3 is 3.06 bits per heavy atom. The lowest BCUT2D eigenvalue weighted by molar-refractivity contribution is -0.121. The Hall–Kier alpha value is -1.36. The standard InChI is InChI=1S/C11H18N4O/c1-12-10(16)8-15-7-6-14-11(15)9-2-4-13-5-3-9/h6-7,9,13H,2-5,8H2,1H3,(H,12,16). The predicted molar refractivity (Wildman–Crippen MR) is 61.1 cm³/mol. The molecule has 88 valence electrons. The Bertz CT molecular complexity index is 355. The summed E-state index contributed by atoms with van der Waals surface area (Å²) in [6.07, 6.45) is 5.86. The van der Waals surface area contributed by atoms with E-state index in [0.29, 0.717) is 12.5 Å². The first kappa shape index (κ1) is 11.1. The molecule has 1 amide bonds. The van der Waals surface area contributed by atoms with E-state index in [1.807, 2.05) is 10.8 Å². The summed E-state index contributed by atoms with van der Waals surface area (Å²) in [4.78, 5) is 15.7. The van der Waals surface area contributed by atoms with Gasteiger partial charge in [0.15, 0.2) is 0 Å². The van der Waals surface area contributed by atoms with E-state index in [0.717, 1.165) is 31.8 Å². The summed E-state index contributed by atoms with van der Waals surface area (Å²) in [6, 6.07) is 0. The maximum atomic E-state index is 11.3. The Balaban J connectivity index is 2.08. The number of hydrogen-bond acceptors (Lipinski definition) is 3. The van der Waals surface area contributed by atoms with E-state index in [-0.39, 0.29) is 5.91 Å². The normalized spacial score (nSPS) is 17.3. The van der Waals surface area contributed by atoms with Gasteiger partial charge >= 0.3 is 0 Å². The SMILES string of the molecule is CNC(=O)Cn1ccnc1C1CCNCC1. The lowest BCUT2D eigenvalue weighted by Gasteiger charge is -2.22. The molecule has 2 N–H and O–H groups in total. The van der Waals surface area contributed by atoms with Crippen LogP contribution >= 0.6 is 0 Å². The number of nitrogens with zero attached hydrogens (tertiary/aromatic N) is 2. The van der Waals surface area contributed by atoms with Crippen molar-refractivity contribution in [1.82, 2.24) is 20.2 Å². The van der Waals surface area contributed by atoms with Crippen LogP contribution in [-0.2, 0) is 11.3 Å². The van der Waals surface area contributed by atoms with Gasteiger partial charge in [-0.2, -0.15) is 0 Å². The first-order chi connectivity index (χ1) is 7.81. The second kappa shape index (κ2) is 5.12. The van der Waals surface area contributed by atoms with Crippen LogP contribution in [0.15, 0.2) is 12.4 Å². The van der Waals surface area contributed by atoms with Crippen LogP contribution in [0.3, 0.4) is 0 Å². The fourth-order valence-corrected chi connectivity index (χ4v) is 2.13. The third-order valence-corrected chi connectivity index (χ3v) is 3.04. The van der Waals surface area contributed by atoms with Gasteiger partial charge in [-0.25, -0.2) is 4.98 Å². The number of imidazole rings is 1. The molecule has 2 rings (SSSR count). The quantitative estimate of drug-likeness (QED) is 0.762. The number of amides is 1. The van der Waals surface area contributed by atoms with Crippen molar-refractivity contribution in [2.24, 2.45) is 0 Å². The molecule has 2 heterocycles. The second-order valence-corrected chi connectivity index (χ2v) is 4.11. The van der Waals surface area contributed by atoms with Gasteiger partial charge < -0.3 is 15.2 Å². The highest BCUT2D eigenvalue weighted by molar-refractivity contribution is 5.75. The predicted octanol–water partition coefficient (Wildman–Crippen LogP) is 0.0961. The van der Waals surface area contributed by atoms with Crippen LogP contribution in [0.2, 0.25) is 0 Å². The average molecular weight is 222 g/mol. The zero-order valence-corrected chi connectivity index (χ0v) is 9.57. The van der Waals surface area contributed by atoms with Gasteiger partial charge in [-0.3, -0.25) is 4.79 Å². The molecule has 0 bridgehead atoms. The highest BCUT2D eigenvalue weighted by Crippen LogP contribution is 2.23. The summed E-state index contributed by atoms with van der Waals surface area (Å²) in [5.74, 6) is 1.55. The molecule has 0 unspecified atom stereocenters.